The average molecular weight is 308 g/mol. The van der Waals surface area contributed by atoms with Crippen LogP contribution in [-0.4, -0.2) is 11.4 Å². The predicted octanol–water partition coefficient (Wildman–Crippen LogP) is 4.00. The Balaban J connectivity index is 2.58. The lowest BCUT2D eigenvalue weighted by Gasteiger charge is -2.14. The fourth-order valence-electron chi connectivity index (χ4n) is 0.970. The number of alkyl halides is 1. The Kier molecular flexibility index (Phi) is 4.81. The van der Waals surface area contributed by atoms with Crippen molar-refractivity contribution in [1.29, 1.82) is 0 Å². The zero-order valence-electron chi connectivity index (χ0n) is 7.47. The van der Waals surface area contributed by atoms with E-state index in [1.54, 1.807) is 0 Å². The summed E-state index contributed by atoms with van der Waals surface area (Å²) in [5.41, 5.74) is 0. The highest BCUT2D eigenvalue weighted by Gasteiger charge is 2.04. The minimum Gasteiger partial charge on any atom is -0.490 e. The monoisotopic (exact) mass is 306 g/mol. The van der Waals surface area contributed by atoms with Gasteiger partial charge >= 0.3 is 0 Å². The third-order valence-corrected chi connectivity index (χ3v) is 2.79. The average Bonchev–Trinajstić information content (AvgIpc) is 2.09. The maximum Gasteiger partial charge on any atom is 0.133 e. The molecule has 1 aromatic carbocycles. The molecule has 1 rings (SSSR count). The highest BCUT2D eigenvalue weighted by atomic mass is 79.9. The van der Waals surface area contributed by atoms with Crippen LogP contribution in [0.15, 0.2) is 28.7 Å². The van der Waals surface area contributed by atoms with Crippen LogP contribution in [0.4, 0.5) is 0 Å². The lowest BCUT2D eigenvalue weighted by molar-refractivity contribution is 0.217. The molecule has 13 heavy (non-hydrogen) atoms. The summed E-state index contributed by atoms with van der Waals surface area (Å²) in [5, 5.41) is 0.971. The van der Waals surface area contributed by atoms with Gasteiger partial charge in [0, 0.05) is 5.33 Å². The van der Waals surface area contributed by atoms with E-state index in [4.69, 9.17) is 4.74 Å². The molecule has 0 radical (unpaired) electrons. The van der Waals surface area contributed by atoms with Gasteiger partial charge in [0.2, 0.25) is 0 Å². The number of hydrogen-bond acceptors (Lipinski definition) is 1. The van der Waals surface area contributed by atoms with E-state index in [-0.39, 0.29) is 6.10 Å². The summed E-state index contributed by atoms with van der Waals surface area (Å²) in [6.07, 6.45) is 1.26. The van der Waals surface area contributed by atoms with E-state index in [1.807, 2.05) is 24.3 Å². The van der Waals surface area contributed by atoms with Crippen LogP contribution in [0.3, 0.4) is 0 Å². The van der Waals surface area contributed by atoms with E-state index in [1.165, 1.54) is 0 Å². The summed E-state index contributed by atoms with van der Waals surface area (Å²) in [5.74, 6) is 0.913. The van der Waals surface area contributed by atoms with Gasteiger partial charge in [-0.15, -0.1) is 0 Å². The van der Waals surface area contributed by atoms with Crippen molar-refractivity contribution >= 4 is 31.9 Å². The van der Waals surface area contributed by atoms with Crippen LogP contribution in [0.5, 0.6) is 5.75 Å². The molecule has 0 aliphatic rings. The Morgan fingerprint density at radius 3 is 2.69 bits per heavy atom. The highest BCUT2D eigenvalue weighted by Crippen LogP contribution is 2.25. The third kappa shape index (κ3) is 3.69. The highest BCUT2D eigenvalue weighted by molar-refractivity contribution is 9.10. The predicted molar refractivity (Wildman–Crippen MR) is 62.6 cm³/mol. The van der Waals surface area contributed by atoms with Gasteiger partial charge in [-0.05, 0) is 41.4 Å². The molecular formula is C10H12Br2O. The van der Waals surface area contributed by atoms with E-state index in [0.29, 0.717) is 0 Å². The number of rotatable bonds is 4. The first-order valence-electron chi connectivity index (χ1n) is 4.21. The van der Waals surface area contributed by atoms with Crippen LogP contribution in [0.2, 0.25) is 0 Å². The van der Waals surface area contributed by atoms with Gasteiger partial charge in [0.1, 0.15) is 5.75 Å². The largest absolute Gasteiger partial charge is 0.490 e. The molecule has 0 heterocycles. The number of para-hydroxylation sites is 1. The Hall–Kier alpha value is -0.0200. The molecule has 1 aromatic rings. The fourth-order valence-corrected chi connectivity index (χ4v) is 1.99. The van der Waals surface area contributed by atoms with Crippen molar-refractivity contribution in [2.75, 3.05) is 5.33 Å². The maximum atomic E-state index is 5.71. The van der Waals surface area contributed by atoms with Crippen LogP contribution < -0.4 is 4.74 Å². The fraction of sp³-hybridized carbons (Fsp3) is 0.400. The molecule has 0 aliphatic heterocycles. The minimum absolute atomic E-state index is 0.248. The van der Waals surface area contributed by atoms with Crippen molar-refractivity contribution in [2.45, 2.75) is 19.4 Å². The lowest BCUT2D eigenvalue weighted by Crippen LogP contribution is -2.12. The topological polar surface area (TPSA) is 9.23 Å². The summed E-state index contributed by atoms with van der Waals surface area (Å²) in [6, 6.07) is 7.90. The maximum absolute atomic E-state index is 5.71. The SMILES string of the molecule is CC(CCBr)Oc1ccccc1Br. The summed E-state index contributed by atoms with van der Waals surface area (Å²) in [7, 11) is 0. The van der Waals surface area contributed by atoms with Crippen molar-refractivity contribution in [3.63, 3.8) is 0 Å². The molecule has 0 saturated heterocycles. The first-order chi connectivity index (χ1) is 6.24. The van der Waals surface area contributed by atoms with Gasteiger partial charge in [-0.25, -0.2) is 0 Å². The lowest BCUT2D eigenvalue weighted by atomic mass is 10.3. The van der Waals surface area contributed by atoms with Gasteiger partial charge in [0.05, 0.1) is 10.6 Å². The van der Waals surface area contributed by atoms with E-state index in [9.17, 15) is 0 Å². The molecule has 0 bridgehead atoms. The molecule has 0 N–H and O–H groups in total. The number of ether oxygens (including phenoxy) is 1. The van der Waals surface area contributed by atoms with E-state index >= 15 is 0 Å². The van der Waals surface area contributed by atoms with Gasteiger partial charge in [0.15, 0.2) is 0 Å². The van der Waals surface area contributed by atoms with E-state index in [2.05, 4.69) is 38.8 Å². The third-order valence-electron chi connectivity index (χ3n) is 1.68. The molecule has 1 unspecified atom stereocenters. The van der Waals surface area contributed by atoms with Crippen LogP contribution in [0.1, 0.15) is 13.3 Å². The summed E-state index contributed by atoms with van der Waals surface area (Å²) in [4.78, 5) is 0. The Labute approximate surface area is 95.7 Å². The number of hydrogen-bond donors (Lipinski definition) is 0. The van der Waals surface area contributed by atoms with Crippen molar-refractivity contribution in [3.05, 3.63) is 28.7 Å². The van der Waals surface area contributed by atoms with Gasteiger partial charge in [-0.1, -0.05) is 28.1 Å². The molecule has 0 aliphatic carbocycles. The molecule has 1 nitrogen and oxygen atoms in total. The van der Waals surface area contributed by atoms with Crippen LogP contribution >= 0.6 is 31.9 Å². The molecule has 3 heteroatoms. The molecule has 0 saturated carbocycles. The summed E-state index contributed by atoms with van der Waals surface area (Å²) < 4.78 is 6.72. The number of benzene rings is 1. The zero-order chi connectivity index (χ0) is 9.68. The van der Waals surface area contributed by atoms with Gasteiger partial charge in [-0.2, -0.15) is 0 Å². The second kappa shape index (κ2) is 5.66. The van der Waals surface area contributed by atoms with Gasteiger partial charge in [-0.3, -0.25) is 0 Å². The van der Waals surface area contributed by atoms with Crippen LogP contribution in [0, 0.1) is 0 Å². The minimum atomic E-state index is 0.248. The Bertz CT molecular complexity index is 263. The van der Waals surface area contributed by atoms with Crippen molar-refractivity contribution in [2.24, 2.45) is 0 Å². The quantitative estimate of drug-likeness (QED) is 0.764. The van der Waals surface area contributed by atoms with Gasteiger partial charge < -0.3 is 4.74 Å². The number of halogens is 2. The van der Waals surface area contributed by atoms with Crippen molar-refractivity contribution in [3.8, 4) is 5.75 Å². The normalized spacial score (nSPS) is 12.5. The Morgan fingerprint density at radius 2 is 2.08 bits per heavy atom. The molecule has 1 atom stereocenters. The second-order valence-electron chi connectivity index (χ2n) is 2.84. The standard InChI is InChI=1S/C10H12Br2O/c1-8(6-7-11)13-10-5-3-2-4-9(10)12/h2-5,8H,6-7H2,1H3. The first kappa shape index (κ1) is 11.1. The van der Waals surface area contributed by atoms with E-state index < -0.39 is 0 Å². The Morgan fingerprint density at radius 1 is 1.38 bits per heavy atom. The zero-order valence-corrected chi connectivity index (χ0v) is 10.6. The van der Waals surface area contributed by atoms with Crippen LogP contribution in [0.25, 0.3) is 0 Å². The summed E-state index contributed by atoms with van der Waals surface area (Å²) in [6.45, 7) is 2.07. The molecule has 72 valence electrons. The molecule has 0 aromatic heterocycles. The molecule has 0 amide bonds. The summed E-state index contributed by atoms with van der Waals surface area (Å²) >= 11 is 6.83. The van der Waals surface area contributed by atoms with Crippen molar-refractivity contribution < 1.29 is 4.74 Å². The second-order valence-corrected chi connectivity index (χ2v) is 4.48. The van der Waals surface area contributed by atoms with Crippen LogP contribution in [-0.2, 0) is 0 Å². The van der Waals surface area contributed by atoms with E-state index in [0.717, 1.165) is 22.0 Å². The smallest absolute Gasteiger partial charge is 0.133 e. The van der Waals surface area contributed by atoms with Crippen molar-refractivity contribution in [1.82, 2.24) is 0 Å². The first-order valence-corrected chi connectivity index (χ1v) is 6.12. The molecule has 0 fully saturated rings. The molecule has 0 spiro atoms. The molecular weight excluding hydrogens is 296 g/mol. The van der Waals surface area contributed by atoms with Gasteiger partial charge in [0.25, 0.3) is 0 Å².